The number of aryl methyl sites for hydroxylation is 1. The molecule has 17 heavy (non-hydrogen) atoms. The van der Waals surface area contributed by atoms with Gasteiger partial charge in [0.2, 0.25) is 0 Å². The molecule has 1 aromatic heterocycles. The minimum atomic E-state index is 0.0816. The Morgan fingerprint density at radius 3 is 2.82 bits per heavy atom. The van der Waals surface area contributed by atoms with Crippen molar-refractivity contribution < 1.29 is 4.79 Å². The first-order valence-corrected chi connectivity index (χ1v) is 6.09. The topological polar surface area (TPSA) is 47.8 Å². The summed E-state index contributed by atoms with van der Waals surface area (Å²) in [5.41, 5.74) is 1.26. The first kappa shape index (κ1) is 12.0. The van der Waals surface area contributed by atoms with Crippen LogP contribution in [0.25, 0.3) is 0 Å². The third-order valence-electron chi connectivity index (χ3n) is 3.10. The number of hydrogen-bond acceptors (Lipinski definition) is 3. The molecule has 0 unspecified atom stereocenters. The minimum Gasteiger partial charge on any atom is -0.295 e. The van der Waals surface area contributed by atoms with Gasteiger partial charge in [-0.3, -0.25) is 9.48 Å². The Balaban J connectivity index is 2.16. The molecule has 0 saturated carbocycles. The second-order valence-electron chi connectivity index (χ2n) is 5.46. The highest BCUT2D eigenvalue weighted by Crippen LogP contribution is 2.34. The number of aromatic nitrogens is 3. The van der Waals surface area contributed by atoms with Crippen LogP contribution in [0.5, 0.6) is 0 Å². The SMILES string of the molecule is CCn1ncnc1CC1=CC(=O)CC(C)(C)C1. The van der Waals surface area contributed by atoms with Gasteiger partial charge in [0.25, 0.3) is 0 Å². The lowest BCUT2D eigenvalue weighted by Crippen LogP contribution is -2.23. The van der Waals surface area contributed by atoms with Crippen LogP contribution in [-0.2, 0) is 17.8 Å². The third kappa shape index (κ3) is 2.81. The Bertz CT molecular complexity index is 457. The summed E-state index contributed by atoms with van der Waals surface area (Å²) in [6, 6.07) is 0. The summed E-state index contributed by atoms with van der Waals surface area (Å²) >= 11 is 0. The van der Waals surface area contributed by atoms with Crippen molar-refractivity contribution in [2.45, 2.75) is 46.6 Å². The molecule has 0 N–H and O–H groups in total. The molecular formula is C13H19N3O. The Labute approximate surface area is 102 Å². The van der Waals surface area contributed by atoms with E-state index in [1.54, 1.807) is 12.4 Å². The predicted molar refractivity (Wildman–Crippen MR) is 65.5 cm³/mol. The van der Waals surface area contributed by atoms with Crippen molar-refractivity contribution in [1.29, 1.82) is 0 Å². The van der Waals surface area contributed by atoms with E-state index in [9.17, 15) is 4.79 Å². The standard InChI is InChI=1S/C13H19N3O/c1-4-16-12(14-9-15-16)6-10-5-11(17)8-13(2,3)7-10/h5,9H,4,6-8H2,1-3H3. The van der Waals surface area contributed by atoms with Crippen LogP contribution in [-0.4, -0.2) is 20.5 Å². The summed E-state index contributed by atoms with van der Waals surface area (Å²) in [5, 5.41) is 4.15. The van der Waals surface area contributed by atoms with E-state index in [0.29, 0.717) is 6.42 Å². The largest absolute Gasteiger partial charge is 0.295 e. The van der Waals surface area contributed by atoms with E-state index < -0.39 is 0 Å². The van der Waals surface area contributed by atoms with Crippen molar-refractivity contribution in [3.05, 3.63) is 23.8 Å². The summed E-state index contributed by atoms with van der Waals surface area (Å²) < 4.78 is 1.88. The van der Waals surface area contributed by atoms with Crippen LogP contribution in [0.15, 0.2) is 18.0 Å². The summed E-state index contributed by atoms with van der Waals surface area (Å²) in [5.74, 6) is 1.18. The van der Waals surface area contributed by atoms with Crippen LogP contribution in [0.2, 0.25) is 0 Å². The van der Waals surface area contributed by atoms with Crippen LogP contribution in [0.3, 0.4) is 0 Å². The van der Waals surface area contributed by atoms with Gasteiger partial charge in [-0.25, -0.2) is 4.98 Å². The van der Waals surface area contributed by atoms with Crippen LogP contribution in [0, 0.1) is 5.41 Å². The van der Waals surface area contributed by atoms with Gasteiger partial charge in [-0.15, -0.1) is 0 Å². The molecule has 0 bridgehead atoms. The molecule has 1 aliphatic rings. The Morgan fingerprint density at radius 1 is 1.41 bits per heavy atom. The molecule has 0 fully saturated rings. The highest BCUT2D eigenvalue weighted by molar-refractivity contribution is 5.91. The average Bonchev–Trinajstić information content (AvgIpc) is 2.61. The number of rotatable bonds is 3. The number of allylic oxidation sites excluding steroid dienone is 2. The molecule has 0 spiro atoms. The van der Waals surface area contributed by atoms with Gasteiger partial charge < -0.3 is 0 Å². The van der Waals surface area contributed by atoms with E-state index in [1.165, 1.54) is 5.57 Å². The van der Waals surface area contributed by atoms with Crippen molar-refractivity contribution in [2.24, 2.45) is 5.41 Å². The van der Waals surface area contributed by atoms with E-state index >= 15 is 0 Å². The minimum absolute atomic E-state index is 0.0816. The van der Waals surface area contributed by atoms with E-state index in [2.05, 4.69) is 23.9 Å². The molecule has 0 amide bonds. The Kier molecular flexibility index (Phi) is 3.13. The Hall–Kier alpha value is -1.45. The lowest BCUT2D eigenvalue weighted by molar-refractivity contribution is -0.117. The van der Waals surface area contributed by atoms with Gasteiger partial charge in [0.1, 0.15) is 12.2 Å². The Morgan fingerprint density at radius 2 is 2.18 bits per heavy atom. The molecule has 0 aromatic carbocycles. The summed E-state index contributed by atoms with van der Waals surface area (Å²) in [4.78, 5) is 15.9. The predicted octanol–water partition coefficient (Wildman–Crippen LogP) is 2.16. The summed E-state index contributed by atoms with van der Waals surface area (Å²) in [6.07, 6.45) is 5.73. The molecule has 2 rings (SSSR count). The van der Waals surface area contributed by atoms with Crippen molar-refractivity contribution >= 4 is 5.78 Å². The second kappa shape index (κ2) is 4.43. The molecule has 1 heterocycles. The first-order valence-electron chi connectivity index (χ1n) is 6.09. The number of hydrogen-bond donors (Lipinski definition) is 0. The average molecular weight is 233 g/mol. The zero-order chi connectivity index (χ0) is 12.5. The zero-order valence-corrected chi connectivity index (χ0v) is 10.7. The normalized spacial score (nSPS) is 19.2. The van der Waals surface area contributed by atoms with E-state index in [0.717, 1.165) is 25.2 Å². The van der Waals surface area contributed by atoms with Crippen LogP contribution < -0.4 is 0 Å². The molecule has 92 valence electrons. The molecule has 1 aliphatic carbocycles. The maximum atomic E-state index is 11.7. The smallest absolute Gasteiger partial charge is 0.156 e. The van der Waals surface area contributed by atoms with Crippen LogP contribution in [0.4, 0.5) is 0 Å². The lowest BCUT2D eigenvalue weighted by atomic mass is 9.76. The van der Waals surface area contributed by atoms with Crippen LogP contribution >= 0.6 is 0 Å². The van der Waals surface area contributed by atoms with Gasteiger partial charge in [-0.1, -0.05) is 19.4 Å². The maximum Gasteiger partial charge on any atom is 0.156 e. The quantitative estimate of drug-likeness (QED) is 0.803. The first-order chi connectivity index (χ1) is 8.00. The fraction of sp³-hybridized carbons (Fsp3) is 0.615. The van der Waals surface area contributed by atoms with Gasteiger partial charge in [-0.05, 0) is 24.8 Å². The van der Waals surface area contributed by atoms with E-state index in [1.807, 2.05) is 11.6 Å². The van der Waals surface area contributed by atoms with Gasteiger partial charge in [0, 0.05) is 19.4 Å². The van der Waals surface area contributed by atoms with Crippen molar-refractivity contribution in [2.75, 3.05) is 0 Å². The number of carbonyl (C=O) groups excluding carboxylic acids is 1. The molecule has 4 nitrogen and oxygen atoms in total. The number of ketones is 1. The highest BCUT2D eigenvalue weighted by Gasteiger charge is 2.27. The fourth-order valence-corrected chi connectivity index (χ4v) is 2.48. The molecular weight excluding hydrogens is 214 g/mol. The highest BCUT2D eigenvalue weighted by atomic mass is 16.1. The zero-order valence-electron chi connectivity index (χ0n) is 10.7. The fourth-order valence-electron chi connectivity index (χ4n) is 2.48. The molecule has 0 aliphatic heterocycles. The van der Waals surface area contributed by atoms with Crippen molar-refractivity contribution in [3.8, 4) is 0 Å². The monoisotopic (exact) mass is 233 g/mol. The number of carbonyl (C=O) groups is 1. The summed E-state index contributed by atoms with van der Waals surface area (Å²) in [6.45, 7) is 7.15. The molecule has 0 radical (unpaired) electrons. The van der Waals surface area contributed by atoms with Gasteiger partial charge in [-0.2, -0.15) is 5.10 Å². The van der Waals surface area contributed by atoms with Crippen molar-refractivity contribution in [3.63, 3.8) is 0 Å². The molecule has 1 aromatic rings. The third-order valence-corrected chi connectivity index (χ3v) is 3.10. The molecule has 4 heteroatoms. The molecule has 0 atom stereocenters. The molecule has 0 saturated heterocycles. The second-order valence-corrected chi connectivity index (χ2v) is 5.46. The summed E-state index contributed by atoms with van der Waals surface area (Å²) in [7, 11) is 0. The maximum absolute atomic E-state index is 11.7. The van der Waals surface area contributed by atoms with Crippen molar-refractivity contribution in [1.82, 2.24) is 14.8 Å². The lowest BCUT2D eigenvalue weighted by Gasteiger charge is -2.28. The number of nitrogens with zero attached hydrogens (tertiary/aromatic N) is 3. The van der Waals surface area contributed by atoms with Gasteiger partial charge >= 0.3 is 0 Å². The van der Waals surface area contributed by atoms with E-state index in [-0.39, 0.29) is 11.2 Å². The van der Waals surface area contributed by atoms with Crippen LogP contribution in [0.1, 0.15) is 39.4 Å². The van der Waals surface area contributed by atoms with Gasteiger partial charge in [0.05, 0.1) is 0 Å². The van der Waals surface area contributed by atoms with E-state index in [4.69, 9.17) is 0 Å². The van der Waals surface area contributed by atoms with Gasteiger partial charge in [0.15, 0.2) is 5.78 Å².